The number of nitrogens with zero attached hydrogens (tertiary/aromatic N) is 1. The van der Waals surface area contributed by atoms with E-state index in [9.17, 15) is 4.79 Å². The van der Waals surface area contributed by atoms with Crippen LogP contribution in [0.5, 0.6) is 0 Å². The lowest BCUT2D eigenvalue weighted by atomic mass is 9.97. The third-order valence-electron chi connectivity index (χ3n) is 3.84. The fourth-order valence-electron chi connectivity index (χ4n) is 2.58. The lowest BCUT2D eigenvalue weighted by Crippen LogP contribution is -2.25. The Morgan fingerprint density at radius 2 is 2.25 bits per heavy atom. The van der Waals surface area contributed by atoms with Gasteiger partial charge in [-0.3, -0.25) is 0 Å². The summed E-state index contributed by atoms with van der Waals surface area (Å²) in [5.41, 5.74) is 2.21. The molecule has 0 spiro atoms. The Labute approximate surface area is 144 Å². The number of halogens is 1. The summed E-state index contributed by atoms with van der Waals surface area (Å²) in [6.07, 6.45) is 4.19. The molecular formula is C17H17ClN2O4. The van der Waals surface area contributed by atoms with Gasteiger partial charge in [0.1, 0.15) is 22.9 Å². The van der Waals surface area contributed by atoms with Crippen LogP contribution in [-0.4, -0.2) is 23.0 Å². The third-order valence-corrected chi connectivity index (χ3v) is 4.06. The Kier molecular flexibility index (Phi) is 4.49. The average Bonchev–Trinajstić information content (AvgIpc) is 3.18. The van der Waals surface area contributed by atoms with E-state index in [2.05, 4.69) is 9.97 Å². The smallest absolute Gasteiger partial charge is 0.334 e. The summed E-state index contributed by atoms with van der Waals surface area (Å²) in [6, 6.07) is 3.62. The molecule has 126 valence electrons. The predicted molar refractivity (Wildman–Crippen MR) is 88.9 cm³/mol. The number of aromatic amines is 1. The highest BCUT2D eigenvalue weighted by molar-refractivity contribution is 6.29. The number of carbonyl (C=O) groups excluding carboxylic acids is 1. The first-order valence-electron chi connectivity index (χ1n) is 7.42. The molecule has 0 fully saturated rings. The second-order valence-corrected chi connectivity index (χ2v) is 5.97. The van der Waals surface area contributed by atoms with E-state index in [-0.39, 0.29) is 5.92 Å². The molecular weight excluding hydrogens is 332 g/mol. The minimum atomic E-state index is -0.539. The van der Waals surface area contributed by atoms with Crippen molar-refractivity contribution in [3.8, 4) is 0 Å². The molecule has 0 amide bonds. The fraction of sp³-hybridized carbons (Fsp3) is 0.294. The van der Waals surface area contributed by atoms with Crippen LogP contribution in [-0.2, 0) is 14.3 Å². The Balaban J connectivity index is 1.84. The number of nitrogens with one attached hydrogen (secondary N) is 1. The predicted octanol–water partition coefficient (Wildman–Crippen LogP) is 3.98. The molecule has 1 aliphatic rings. The van der Waals surface area contributed by atoms with Gasteiger partial charge in [-0.25, -0.2) is 9.78 Å². The topological polar surface area (TPSA) is 77.4 Å². The normalized spacial score (nSPS) is 21.4. The molecule has 24 heavy (non-hydrogen) atoms. The SMILES string of the molecule is COC1=CC(=O)O[C@@H](c2coc(C(C)=Cc3ccc(Cl)[nH]3)n2)[C@H]1C. The van der Waals surface area contributed by atoms with Gasteiger partial charge in [-0.1, -0.05) is 18.5 Å². The maximum absolute atomic E-state index is 11.7. The van der Waals surface area contributed by atoms with Crippen molar-refractivity contribution in [1.29, 1.82) is 0 Å². The number of hydrogen-bond donors (Lipinski definition) is 1. The highest BCUT2D eigenvalue weighted by atomic mass is 35.5. The molecule has 0 unspecified atom stereocenters. The molecule has 7 heteroatoms. The van der Waals surface area contributed by atoms with Gasteiger partial charge in [0.25, 0.3) is 0 Å². The van der Waals surface area contributed by atoms with Gasteiger partial charge in [0.2, 0.25) is 5.89 Å². The van der Waals surface area contributed by atoms with E-state index in [1.54, 1.807) is 6.07 Å². The highest BCUT2D eigenvalue weighted by Gasteiger charge is 2.34. The van der Waals surface area contributed by atoms with Gasteiger partial charge in [-0.15, -0.1) is 0 Å². The van der Waals surface area contributed by atoms with Crippen LogP contribution in [0, 0.1) is 5.92 Å². The zero-order valence-electron chi connectivity index (χ0n) is 13.5. The molecule has 6 nitrogen and oxygen atoms in total. The van der Waals surface area contributed by atoms with Crippen LogP contribution in [0.3, 0.4) is 0 Å². The van der Waals surface area contributed by atoms with Crippen molar-refractivity contribution < 1.29 is 18.7 Å². The van der Waals surface area contributed by atoms with E-state index < -0.39 is 12.1 Å². The first-order chi connectivity index (χ1) is 11.5. The number of oxazole rings is 1. The lowest BCUT2D eigenvalue weighted by molar-refractivity contribution is -0.149. The van der Waals surface area contributed by atoms with Crippen molar-refractivity contribution in [2.75, 3.05) is 7.11 Å². The van der Waals surface area contributed by atoms with E-state index in [0.29, 0.717) is 22.5 Å². The van der Waals surface area contributed by atoms with Crippen molar-refractivity contribution in [2.45, 2.75) is 20.0 Å². The number of methoxy groups -OCH3 is 1. The second-order valence-electron chi connectivity index (χ2n) is 5.56. The fourth-order valence-corrected chi connectivity index (χ4v) is 2.75. The number of hydrogen-bond acceptors (Lipinski definition) is 5. The molecule has 2 aromatic heterocycles. The Morgan fingerprint density at radius 3 is 2.92 bits per heavy atom. The Hall–Kier alpha value is -2.47. The molecule has 0 radical (unpaired) electrons. The van der Waals surface area contributed by atoms with Crippen LogP contribution in [0.4, 0.5) is 0 Å². The van der Waals surface area contributed by atoms with Crippen molar-refractivity contribution in [1.82, 2.24) is 9.97 Å². The largest absolute Gasteiger partial charge is 0.500 e. The number of esters is 1. The molecule has 0 saturated carbocycles. The van der Waals surface area contributed by atoms with E-state index in [4.69, 9.17) is 25.5 Å². The number of H-pyrrole nitrogens is 1. The molecule has 2 aromatic rings. The summed E-state index contributed by atoms with van der Waals surface area (Å²) in [6.45, 7) is 3.78. The van der Waals surface area contributed by atoms with E-state index in [1.807, 2.05) is 26.0 Å². The molecule has 0 saturated heterocycles. The van der Waals surface area contributed by atoms with Gasteiger partial charge in [-0.2, -0.15) is 0 Å². The van der Waals surface area contributed by atoms with Crippen LogP contribution >= 0.6 is 11.6 Å². The third kappa shape index (κ3) is 3.23. The van der Waals surface area contributed by atoms with Crippen LogP contribution in [0.15, 0.2) is 34.6 Å². The van der Waals surface area contributed by atoms with E-state index in [0.717, 1.165) is 11.3 Å². The van der Waals surface area contributed by atoms with Crippen molar-refractivity contribution in [2.24, 2.45) is 5.92 Å². The van der Waals surface area contributed by atoms with Crippen LogP contribution < -0.4 is 0 Å². The van der Waals surface area contributed by atoms with E-state index >= 15 is 0 Å². The van der Waals surface area contributed by atoms with Gasteiger partial charge in [-0.05, 0) is 25.1 Å². The maximum atomic E-state index is 11.7. The van der Waals surface area contributed by atoms with Gasteiger partial charge in [0.15, 0.2) is 6.10 Å². The van der Waals surface area contributed by atoms with Crippen molar-refractivity contribution in [3.05, 3.63) is 52.7 Å². The Morgan fingerprint density at radius 1 is 1.46 bits per heavy atom. The molecule has 3 heterocycles. The molecule has 1 N–H and O–H groups in total. The maximum Gasteiger partial charge on any atom is 0.334 e. The van der Waals surface area contributed by atoms with Crippen molar-refractivity contribution >= 4 is 29.2 Å². The van der Waals surface area contributed by atoms with Crippen molar-refractivity contribution in [3.63, 3.8) is 0 Å². The number of cyclic esters (lactones) is 1. The summed E-state index contributed by atoms with van der Waals surface area (Å²) < 4.78 is 16.1. The summed E-state index contributed by atoms with van der Waals surface area (Å²) in [4.78, 5) is 19.1. The van der Waals surface area contributed by atoms with Crippen LogP contribution in [0.2, 0.25) is 5.15 Å². The number of allylic oxidation sites excluding steroid dienone is 1. The highest BCUT2D eigenvalue weighted by Crippen LogP contribution is 2.35. The van der Waals surface area contributed by atoms with Crippen LogP contribution in [0.25, 0.3) is 11.6 Å². The average molecular weight is 349 g/mol. The summed E-state index contributed by atoms with van der Waals surface area (Å²) >= 11 is 5.86. The summed E-state index contributed by atoms with van der Waals surface area (Å²) in [5, 5.41) is 0.559. The molecule has 0 aliphatic carbocycles. The minimum Gasteiger partial charge on any atom is -0.500 e. The Bertz CT molecular complexity index is 818. The molecule has 1 aliphatic heterocycles. The minimum absolute atomic E-state index is 0.142. The molecule has 3 rings (SSSR count). The number of aromatic nitrogens is 2. The first kappa shape index (κ1) is 16.4. The first-order valence-corrected chi connectivity index (χ1v) is 7.80. The molecule has 2 atom stereocenters. The molecule has 0 bridgehead atoms. The summed E-state index contributed by atoms with van der Waals surface area (Å²) in [7, 11) is 1.53. The zero-order valence-corrected chi connectivity index (χ0v) is 14.3. The van der Waals surface area contributed by atoms with Gasteiger partial charge in [0.05, 0.1) is 19.1 Å². The van der Waals surface area contributed by atoms with Gasteiger partial charge in [0, 0.05) is 11.3 Å². The van der Waals surface area contributed by atoms with Gasteiger partial charge >= 0.3 is 5.97 Å². The number of rotatable bonds is 4. The lowest BCUT2D eigenvalue weighted by Gasteiger charge is -2.26. The number of ether oxygens (including phenoxy) is 2. The van der Waals surface area contributed by atoms with Gasteiger partial charge < -0.3 is 18.9 Å². The monoisotopic (exact) mass is 348 g/mol. The van der Waals surface area contributed by atoms with Crippen LogP contribution in [0.1, 0.15) is 37.2 Å². The quantitative estimate of drug-likeness (QED) is 0.845. The zero-order chi connectivity index (χ0) is 17.3. The second kappa shape index (κ2) is 6.57. The van der Waals surface area contributed by atoms with E-state index in [1.165, 1.54) is 19.4 Å². The summed E-state index contributed by atoms with van der Waals surface area (Å²) in [5.74, 6) is 0.423. The number of carbonyl (C=O) groups is 1. The molecule has 0 aromatic carbocycles. The standard InChI is InChI=1S/C17H17ClN2O4/c1-9(6-11-4-5-14(18)19-11)17-20-12(8-23-17)16-10(2)13(22-3)7-15(21)24-16/h4-8,10,16,19H,1-3H3/t10-,16+/m0/s1.